The Morgan fingerprint density at radius 2 is 2.00 bits per heavy atom. The highest BCUT2D eigenvalue weighted by molar-refractivity contribution is 7.96. The number of aromatic nitrogens is 4. The van der Waals surface area contributed by atoms with E-state index >= 15 is 0 Å². The van der Waals surface area contributed by atoms with Crippen molar-refractivity contribution >= 4 is 23.7 Å². The van der Waals surface area contributed by atoms with Crippen molar-refractivity contribution in [2.24, 2.45) is 0 Å². The number of carbonyl (C=O) groups excluding carboxylic acids is 1. The summed E-state index contributed by atoms with van der Waals surface area (Å²) in [5.74, 6) is -0.989. The van der Waals surface area contributed by atoms with Crippen LogP contribution in [0.15, 0.2) is 36.7 Å². The number of alkyl halides is 3. The van der Waals surface area contributed by atoms with E-state index in [2.05, 4.69) is 20.5 Å². The summed E-state index contributed by atoms with van der Waals surface area (Å²) >= 11 is 1.05. The van der Waals surface area contributed by atoms with E-state index < -0.39 is 24.3 Å². The first-order valence-electron chi connectivity index (χ1n) is 10.7. The summed E-state index contributed by atoms with van der Waals surface area (Å²) in [6, 6.07) is 7.25. The summed E-state index contributed by atoms with van der Waals surface area (Å²) < 4.78 is 55.3. The third kappa shape index (κ3) is 5.97. The van der Waals surface area contributed by atoms with Crippen LogP contribution in [0, 0.1) is 5.82 Å². The van der Waals surface area contributed by atoms with Crippen LogP contribution in [-0.4, -0.2) is 53.6 Å². The number of amides is 1. The fraction of sp³-hybridized carbons (Fsp3) is 0.364. The van der Waals surface area contributed by atoms with Gasteiger partial charge < -0.3 is 15.0 Å². The Bertz CT molecular complexity index is 1220. The van der Waals surface area contributed by atoms with Crippen molar-refractivity contribution in [1.82, 2.24) is 24.1 Å². The Morgan fingerprint density at radius 3 is 2.71 bits per heavy atom. The van der Waals surface area contributed by atoms with Crippen LogP contribution in [0.3, 0.4) is 0 Å². The fourth-order valence-electron chi connectivity index (χ4n) is 3.59. The van der Waals surface area contributed by atoms with E-state index in [1.807, 2.05) is 0 Å². The number of pyridine rings is 1. The van der Waals surface area contributed by atoms with E-state index in [9.17, 15) is 27.5 Å². The molecule has 2 N–H and O–H groups in total. The van der Waals surface area contributed by atoms with Gasteiger partial charge in [-0.3, -0.25) is 4.79 Å². The monoisotopic (exact) mass is 510 g/mol. The number of aliphatic hydroxyl groups is 1. The minimum absolute atomic E-state index is 0.125. The maximum atomic E-state index is 14.7. The lowest BCUT2D eigenvalue weighted by atomic mass is 10.1. The van der Waals surface area contributed by atoms with E-state index in [0.717, 1.165) is 11.9 Å². The molecule has 1 aliphatic heterocycles. The number of hydrogen-bond acceptors (Lipinski definition) is 7. The Hall–Kier alpha value is -3.03. The van der Waals surface area contributed by atoms with Crippen molar-refractivity contribution in [3.8, 4) is 11.5 Å². The third-order valence-electron chi connectivity index (χ3n) is 5.42. The van der Waals surface area contributed by atoms with E-state index in [4.69, 9.17) is 0 Å². The summed E-state index contributed by atoms with van der Waals surface area (Å²) in [7, 11) is 0. The van der Waals surface area contributed by atoms with Gasteiger partial charge in [0.2, 0.25) is 0 Å². The summed E-state index contributed by atoms with van der Waals surface area (Å²) in [6.07, 6.45) is -3.67. The zero-order valence-corrected chi connectivity index (χ0v) is 19.4. The molecular weight excluding hydrogens is 488 g/mol. The number of fused-ring (bicyclic) bond motifs is 1. The van der Waals surface area contributed by atoms with Gasteiger partial charge in [-0.2, -0.15) is 13.2 Å². The summed E-state index contributed by atoms with van der Waals surface area (Å²) in [5.41, 5.74) is 1.54. The molecule has 8 nitrogen and oxygen atoms in total. The molecule has 0 saturated heterocycles. The molecule has 186 valence electrons. The quantitative estimate of drug-likeness (QED) is 0.346. The van der Waals surface area contributed by atoms with Crippen molar-refractivity contribution in [3.05, 3.63) is 59.2 Å². The molecule has 2 aromatic heterocycles. The molecule has 3 heterocycles. The molecule has 3 aromatic rings. The first-order valence-corrected chi connectivity index (χ1v) is 11.6. The number of rotatable bonds is 8. The van der Waals surface area contributed by atoms with Crippen molar-refractivity contribution < 1.29 is 27.5 Å². The molecule has 0 saturated carbocycles. The van der Waals surface area contributed by atoms with Crippen molar-refractivity contribution in [2.45, 2.75) is 38.7 Å². The number of carbonyl (C=O) groups is 1. The predicted molar refractivity (Wildman–Crippen MR) is 122 cm³/mol. The standard InChI is InChI=1S/C22H22F4N6O2S/c1-13(11-33)32-12-27-30-20(32)18-3-2-4-19(28-18)29-21(34)16-7-14-9-31(10-15(14)8-17(16)23)35-6-5-22(24,25)26/h2-4,7-8,12-13,33H,5-6,9-11H2,1H3,(H,28,29,34). The smallest absolute Gasteiger partial charge is 0.389 e. The molecule has 0 aliphatic carbocycles. The maximum Gasteiger partial charge on any atom is 0.389 e. The van der Waals surface area contributed by atoms with Crippen molar-refractivity contribution in [2.75, 3.05) is 17.7 Å². The lowest BCUT2D eigenvalue weighted by Crippen LogP contribution is -2.16. The molecule has 1 atom stereocenters. The molecule has 35 heavy (non-hydrogen) atoms. The van der Waals surface area contributed by atoms with Gasteiger partial charge >= 0.3 is 6.18 Å². The number of aliphatic hydroxyl groups excluding tert-OH is 1. The molecule has 1 amide bonds. The van der Waals surface area contributed by atoms with E-state index in [0.29, 0.717) is 35.7 Å². The highest BCUT2D eigenvalue weighted by Gasteiger charge is 2.29. The molecule has 1 unspecified atom stereocenters. The number of anilines is 1. The SMILES string of the molecule is CC(CO)n1cnnc1-c1cccc(NC(=O)c2cc3c(cc2F)CN(SCCC(F)(F)F)C3)n1. The van der Waals surface area contributed by atoms with Gasteiger partial charge in [-0.05, 0) is 42.3 Å². The first kappa shape index (κ1) is 25.1. The zero-order chi connectivity index (χ0) is 25.2. The summed E-state index contributed by atoms with van der Waals surface area (Å²) in [4.78, 5) is 17.2. The van der Waals surface area contributed by atoms with E-state index in [1.54, 1.807) is 34.0 Å². The van der Waals surface area contributed by atoms with E-state index in [-0.39, 0.29) is 29.8 Å². The highest BCUT2D eigenvalue weighted by atomic mass is 32.2. The van der Waals surface area contributed by atoms with Gasteiger partial charge in [0.1, 0.15) is 23.7 Å². The second-order valence-corrected chi connectivity index (χ2v) is 9.24. The summed E-state index contributed by atoms with van der Waals surface area (Å²) in [5, 5.41) is 19.9. The lowest BCUT2D eigenvalue weighted by Gasteiger charge is -2.14. The van der Waals surface area contributed by atoms with Gasteiger partial charge in [-0.1, -0.05) is 18.0 Å². The number of halogens is 4. The molecule has 1 aliphatic rings. The van der Waals surface area contributed by atoms with Gasteiger partial charge in [0.25, 0.3) is 5.91 Å². The number of nitrogens with zero attached hydrogens (tertiary/aromatic N) is 5. The van der Waals surface area contributed by atoms with Crippen LogP contribution in [0.5, 0.6) is 0 Å². The third-order valence-corrected chi connectivity index (χ3v) is 6.43. The van der Waals surface area contributed by atoms with Gasteiger partial charge in [0, 0.05) is 18.8 Å². The maximum absolute atomic E-state index is 14.7. The molecule has 0 bridgehead atoms. The van der Waals surface area contributed by atoms with Crippen molar-refractivity contribution in [3.63, 3.8) is 0 Å². The second kappa shape index (κ2) is 10.3. The van der Waals surface area contributed by atoms with Crippen LogP contribution in [0.4, 0.5) is 23.4 Å². The van der Waals surface area contributed by atoms with Gasteiger partial charge in [-0.15, -0.1) is 10.2 Å². The first-order chi connectivity index (χ1) is 16.6. The van der Waals surface area contributed by atoms with Gasteiger partial charge in [0.05, 0.1) is 24.6 Å². The van der Waals surface area contributed by atoms with E-state index in [1.165, 1.54) is 18.5 Å². The average Bonchev–Trinajstić information content (AvgIpc) is 3.44. The minimum Gasteiger partial charge on any atom is -0.394 e. The Morgan fingerprint density at radius 1 is 1.26 bits per heavy atom. The fourth-order valence-corrected chi connectivity index (χ4v) is 4.64. The average molecular weight is 511 g/mol. The largest absolute Gasteiger partial charge is 0.394 e. The molecule has 0 radical (unpaired) electrons. The number of nitrogens with one attached hydrogen (secondary N) is 1. The number of hydrogen-bond donors (Lipinski definition) is 2. The Kier molecular flexibility index (Phi) is 7.38. The van der Waals surface area contributed by atoms with Crippen LogP contribution in [-0.2, 0) is 13.1 Å². The second-order valence-electron chi connectivity index (χ2n) is 8.05. The van der Waals surface area contributed by atoms with Crippen LogP contribution in [0.1, 0.15) is 40.9 Å². The molecule has 0 fully saturated rings. The molecule has 0 spiro atoms. The van der Waals surface area contributed by atoms with Crippen molar-refractivity contribution in [1.29, 1.82) is 0 Å². The highest BCUT2D eigenvalue weighted by Crippen LogP contribution is 2.32. The van der Waals surface area contributed by atoms with Crippen LogP contribution in [0.2, 0.25) is 0 Å². The normalized spacial score (nSPS) is 14.7. The lowest BCUT2D eigenvalue weighted by molar-refractivity contribution is -0.129. The van der Waals surface area contributed by atoms with Gasteiger partial charge in [0.15, 0.2) is 5.82 Å². The Balaban J connectivity index is 1.46. The van der Waals surface area contributed by atoms with Gasteiger partial charge in [-0.25, -0.2) is 13.7 Å². The zero-order valence-electron chi connectivity index (χ0n) is 18.6. The molecular formula is C22H22F4N6O2S. The van der Waals surface area contributed by atoms with Crippen LogP contribution in [0.25, 0.3) is 11.5 Å². The molecule has 13 heteroatoms. The number of benzene rings is 1. The van der Waals surface area contributed by atoms with Crippen LogP contribution >= 0.6 is 11.9 Å². The predicted octanol–water partition coefficient (Wildman–Crippen LogP) is 4.20. The molecule has 1 aromatic carbocycles. The minimum atomic E-state index is -4.23. The molecule has 4 rings (SSSR count). The Labute approximate surface area is 202 Å². The van der Waals surface area contributed by atoms with Crippen LogP contribution < -0.4 is 5.32 Å². The topological polar surface area (TPSA) is 96.2 Å². The summed E-state index contributed by atoms with van der Waals surface area (Å²) in [6.45, 7) is 2.26.